The maximum atomic E-state index is 13.1. The standard InChI is InChI=1S/C18H22N2O5S2/c1-3-25-18(26)27-15(19-14(21)12-8-5-4-6-9-12)16(22)20-11-7-10-13(20)17(23)24-2/h4-6,8-9,13,15H,3,7,10-11H2,1-2H3,(H,19,21)/t13-,15-/m0/s1. The molecule has 146 valence electrons. The summed E-state index contributed by atoms with van der Waals surface area (Å²) in [6.07, 6.45) is 1.21. The Kier molecular flexibility index (Phi) is 8.05. The molecule has 1 saturated heterocycles. The van der Waals surface area contributed by atoms with Crippen molar-refractivity contribution < 1.29 is 23.9 Å². The smallest absolute Gasteiger partial charge is 0.328 e. The van der Waals surface area contributed by atoms with Gasteiger partial charge in [-0.1, -0.05) is 18.2 Å². The lowest BCUT2D eigenvalue weighted by Crippen LogP contribution is -2.51. The van der Waals surface area contributed by atoms with E-state index in [1.165, 1.54) is 12.0 Å². The van der Waals surface area contributed by atoms with Gasteiger partial charge >= 0.3 is 5.97 Å². The number of benzene rings is 1. The van der Waals surface area contributed by atoms with Crippen molar-refractivity contribution in [2.75, 3.05) is 20.3 Å². The number of hydrogen-bond donors (Lipinski definition) is 1. The normalized spacial score (nSPS) is 17.1. The van der Waals surface area contributed by atoms with Gasteiger partial charge in [-0.05, 0) is 55.9 Å². The van der Waals surface area contributed by atoms with Gasteiger partial charge in [0, 0.05) is 12.1 Å². The fraction of sp³-hybridized carbons (Fsp3) is 0.444. The predicted octanol–water partition coefficient (Wildman–Crippen LogP) is 1.96. The molecule has 1 heterocycles. The molecule has 0 spiro atoms. The monoisotopic (exact) mass is 410 g/mol. The third kappa shape index (κ3) is 5.67. The summed E-state index contributed by atoms with van der Waals surface area (Å²) in [5, 5.41) is 1.69. The fourth-order valence-corrected chi connectivity index (χ4v) is 3.93. The number of carbonyl (C=O) groups excluding carboxylic acids is 3. The molecule has 0 aromatic heterocycles. The Morgan fingerprint density at radius 3 is 2.67 bits per heavy atom. The van der Waals surface area contributed by atoms with Crippen LogP contribution in [-0.4, -0.2) is 58.7 Å². The van der Waals surface area contributed by atoms with E-state index >= 15 is 0 Å². The molecule has 2 amide bonds. The minimum absolute atomic E-state index is 0.151. The number of amides is 2. The summed E-state index contributed by atoms with van der Waals surface area (Å²) in [4.78, 5) is 39.0. The molecule has 2 rings (SSSR count). The number of carbonyl (C=O) groups is 3. The van der Waals surface area contributed by atoms with Crippen molar-refractivity contribution >= 4 is 46.1 Å². The van der Waals surface area contributed by atoms with Crippen LogP contribution in [0.25, 0.3) is 0 Å². The largest absolute Gasteiger partial charge is 0.479 e. The highest BCUT2D eigenvalue weighted by atomic mass is 32.2. The molecule has 0 aliphatic carbocycles. The summed E-state index contributed by atoms with van der Waals surface area (Å²) in [5.74, 6) is -1.28. The quantitative estimate of drug-likeness (QED) is 0.436. The lowest BCUT2D eigenvalue weighted by Gasteiger charge is -2.27. The number of methoxy groups -OCH3 is 1. The highest BCUT2D eigenvalue weighted by molar-refractivity contribution is 8.23. The zero-order valence-electron chi connectivity index (χ0n) is 15.2. The number of esters is 1. The van der Waals surface area contributed by atoms with Crippen LogP contribution >= 0.6 is 24.0 Å². The van der Waals surface area contributed by atoms with E-state index < -0.39 is 29.2 Å². The van der Waals surface area contributed by atoms with Crippen LogP contribution in [0.1, 0.15) is 30.1 Å². The van der Waals surface area contributed by atoms with E-state index in [2.05, 4.69) is 5.32 Å². The number of thiocarbonyl (C=S) groups is 1. The van der Waals surface area contributed by atoms with Gasteiger partial charge in [0.1, 0.15) is 6.04 Å². The second-order valence-corrected chi connectivity index (χ2v) is 7.44. The Morgan fingerprint density at radius 2 is 2.04 bits per heavy atom. The van der Waals surface area contributed by atoms with Crippen LogP contribution in [0.4, 0.5) is 0 Å². The Balaban J connectivity index is 2.18. The lowest BCUT2D eigenvalue weighted by atomic mass is 10.2. The Morgan fingerprint density at radius 1 is 1.33 bits per heavy atom. The summed E-state index contributed by atoms with van der Waals surface area (Å²) in [6.45, 7) is 2.55. The minimum Gasteiger partial charge on any atom is -0.479 e. The molecule has 1 aliphatic heterocycles. The van der Waals surface area contributed by atoms with Gasteiger partial charge in [0.2, 0.25) is 4.38 Å². The van der Waals surface area contributed by atoms with Gasteiger partial charge in [-0.15, -0.1) is 0 Å². The fourth-order valence-electron chi connectivity index (χ4n) is 2.74. The number of hydrogen-bond acceptors (Lipinski definition) is 7. The van der Waals surface area contributed by atoms with Gasteiger partial charge in [0.25, 0.3) is 11.8 Å². The molecular weight excluding hydrogens is 388 g/mol. The van der Waals surface area contributed by atoms with Crippen molar-refractivity contribution in [3.05, 3.63) is 35.9 Å². The molecule has 27 heavy (non-hydrogen) atoms. The molecule has 0 unspecified atom stereocenters. The SMILES string of the molecule is CCOC(=S)S[C@H](NC(=O)c1ccccc1)C(=O)N1CCC[C@H]1C(=O)OC. The first-order chi connectivity index (χ1) is 13.0. The van der Waals surface area contributed by atoms with E-state index in [1.807, 2.05) is 0 Å². The first kappa shape index (κ1) is 21.2. The zero-order chi connectivity index (χ0) is 19.8. The number of rotatable bonds is 6. The highest BCUT2D eigenvalue weighted by Crippen LogP contribution is 2.23. The maximum Gasteiger partial charge on any atom is 0.328 e. The minimum atomic E-state index is -0.998. The van der Waals surface area contributed by atoms with E-state index in [9.17, 15) is 14.4 Å². The van der Waals surface area contributed by atoms with Crippen molar-refractivity contribution in [2.24, 2.45) is 0 Å². The van der Waals surface area contributed by atoms with Crippen LogP contribution in [0, 0.1) is 0 Å². The van der Waals surface area contributed by atoms with Crippen LogP contribution in [0.2, 0.25) is 0 Å². The molecule has 2 atom stereocenters. The van der Waals surface area contributed by atoms with Crippen molar-refractivity contribution in [2.45, 2.75) is 31.2 Å². The lowest BCUT2D eigenvalue weighted by molar-refractivity contribution is -0.150. The molecule has 1 aromatic carbocycles. The molecule has 0 bridgehead atoms. The van der Waals surface area contributed by atoms with Gasteiger partial charge in [-0.2, -0.15) is 0 Å². The number of nitrogens with zero attached hydrogens (tertiary/aromatic N) is 1. The number of likely N-dealkylation sites (tertiary alicyclic amines) is 1. The molecule has 0 radical (unpaired) electrons. The van der Waals surface area contributed by atoms with Gasteiger partial charge in [-0.25, -0.2) is 4.79 Å². The summed E-state index contributed by atoms with van der Waals surface area (Å²) in [5.41, 5.74) is 0.421. The summed E-state index contributed by atoms with van der Waals surface area (Å²) in [7, 11) is 1.29. The average Bonchev–Trinajstić information content (AvgIpc) is 3.17. The molecule has 1 fully saturated rings. The topological polar surface area (TPSA) is 84.9 Å². The Labute approximate surface area is 167 Å². The van der Waals surface area contributed by atoms with Crippen LogP contribution in [0.3, 0.4) is 0 Å². The van der Waals surface area contributed by atoms with Crippen LogP contribution in [-0.2, 0) is 19.1 Å². The van der Waals surface area contributed by atoms with E-state index in [4.69, 9.17) is 21.7 Å². The van der Waals surface area contributed by atoms with Crippen LogP contribution < -0.4 is 5.32 Å². The summed E-state index contributed by atoms with van der Waals surface area (Å²) < 4.78 is 10.2. The van der Waals surface area contributed by atoms with Crippen LogP contribution in [0.5, 0.6) is 0 Å². The van der Waals surface area contributed by atoms with E-state index in [0.29, 0.717) is 31.6 Å². The zero-order valence-corrected chi connectivity index (χ0v) is 16.8. The third-order valence-corrected chi connectivity index (χ3v) is 5.28. The summed E-state index contributed by atoms with van der Waals surface area (Å²) >= 11 is 6.07. The van der Waals surface area contributed by atoms with Gasteiger partial charge in [0.15, 0.2) is 5.37 Å². The van der Waals surface area contributed by atoms with E-state index in [1.54, 1.807) is 37.3 Å². The van der Waals surface area contributed by atoms with Crippen molar-refractivity contribution in [3.8, 4) is 0 Å². The molecule has 9 heteroatoms. The average molecular weight is 411 g/mol. The second kappa shape index (κ2) is 10.3. The predicted molar refractivity (Wildman–Crippen MR) is 106 cm³/mol. The number of nitrogens with one attached hydrogen (secondary N) is 1. The van der Waals surface area contributed by atoms with Gasteiger partial charge in [0.05, 0.1) is 13.7 Å². The van der Waals surface area contributed by atoms with Gasteiger partial charge < -0.3 is 19.7 Å². The van der Waals surface area contributed by atoms with Crippen molar-refractivity contribution in [3.63, 3.8) is 0 Å². The van der Waals surface area contributed by atoms with E-state index in [0.717, 1.165) is 11.8 Å². The molecule has 7 nitrogen and oxygen atoms in total. The molecular formula is C18H22N2O5S2. The molecule has 1 aromatic rings. The van der Waals surface area contributed by atoms with Crippen molar-refractivity contribution in [1.29, 1.82) is 0 Å². The number of thioether (sulfide) groups is 1. The summed E-state index contributed by atoms with van der Waals surface area (Å²) in [6, 6.07) is 7.91. The second-order valence-electron chi connectivity index (χ2n) is 5.73. The van der Waals surface area contributed by atoms with E-state index in [-0.39, 0.29) is 4.38 Å². The third-order valence-electron chi connectivity index (χ3n) is 4.01. The first-order valence-electron chi connectivity index (χ1n) is 8.55. The van der Waals surface area contributed by atoms with Crippen molar-refractivity contribution in [1.82, 2.24) is 10.2 Å². The highest BCUT2D eigenvalue weighted by Gasteiger charge is 2.39. The Bertz CT molecular complexity index is 698. The first-order valence-corrected chi connectivity index (χ1v) is 9.84. The number of ether oxygens (including phenoxy) is 2. The maximum absolute atomic E-state index is 13.1. The van der Waals surface area contributed by atoms with Gasteiger partial charge in [-0.3, -0.25) is 9.59 Å². The molecule has 1 aliphatic rings. The Hall–Kier alpha value is -2.13. The molecule has 0 saturated carbocycles. The molecule has 1 N–H and O–H groups in total. The van der Waals surface area contributed by atoms with Crippen LogP contribution in [0.15, 0.2) is 30.3 Å².